The van der Waals surface area contributed by atoms with Crippen molar-refractivity contribution in [1.29, 1.82) is 0 Å². The first kappa shape index (κ1) is 19.7. The second-order valence-corrected chi connectivity index (χ2v) is 9.97. The topological polar surface area (TPSA) is 107 Å². The lowest BCUT2D eigenvalue weighted by Crippen LogP contribution is -2.36. The molecule has 3 heterocycles. The Labute approximate surface area is 172 Å². The average molecular weight is 433 g/mol. The van der Waals surface area contributed by atoms with Crippen LogP contribution in [-0.4, -0.2) is 52.4 Å². The maximum atomic E-state index is 12.3. The predicted octanol–water partition coefficient (Wildman–Crippen LogP) is 1.98. The van der Waals surface area contributed by atoms with E-state index in [4.69, 9.17) is 4.42 Å². The van der Waals surface area contributed by atoms with Gasteiger partial charge >= 0.3 is 0 Å². The molecule has 10 heteroatoms. The molecule has 3 aromatic rings. The number of sulfone groups is 1. The van der Waals surface area contributed by atoms with Crippen LogP contribution >= 0.6 is 11.8 Å². The van der Waals surface area contributed by atoms with E-state index in [0.717, 1.165) is 11.3 Å². The molecule has 0 aliphatic carbocycles. The summed E-state index contributed by atoms with van der Waals surface area (Å²) in [5, 5.41) is 12.0. The van der Waals surface area contributed by atoms with E-state index in [0.29, 0.717) is 23.9 Å². The van der Waals surface area contributed by atoms with Crippen molar-refractivity contribution in [3.05, 3.63) is 54.5 Å². The Morgan fingerprint density at radius 3 is 2.72 bits per heavy atom. The molecule has 29 heavy (non-hydrogen) atoms. The third-order valence-corrected chi connectivity index (χ3v) is 7.31. The van der Waals surface area contributed by atoms with Crippen molar-refractivity contribution in [1.82, 2.24) is 20.1 Å². The van der Waals surface area contributed by atoms with Gasteiger partial charge < -0.3 is 9.73 Å². The number of rotatable bonds is 7. The zero-order valence-corrected chi connectivity index (χ0v) is 17.2. The Morgan fingerprint density at radius 2 is 2.03 bits per heavy atom. The Balaban J connectivity index is 1.48. The maximum Gasteiger partial charge on any atom is 0.230 e. The first-order chi connectivity index (χ1) is 14.0. The fraction of sp³-hybridized carbons (Fsp3) is 0.316. The van der Waals surface area contributed by atoms with Crippen molar-refractivity contribution in [2.45, 2.75) is 24.2 Å². The second-order valence-electron chi connectivity index (χ2n) is 6.79. The van der Waals surface area contributed by atoms with E-state index in [-0.39, 0.29) is 29.2 Å². The second kappa shape index (κ2) is 8.42. The van der Waals surface area contributed by atoms with Gasteiger partial charge in [-0.3, -0.25) is 9.36 Å². The molecule has 8 nitrogen and oxygen atoms in total. The van der Waals surface area contributed by atoms with Crippen molar-refractivity contribution in [3.8, 4) is 11.4 Å². The molecular weight excluding hydrogens is 412 g/mol. The largest absolute Gasteiger partial charge is 0.467 e. The lowest BCUT2D eigenvalue weighted by molar-refractivity contribution is -0.119. The van der Waals surface area contributed by atoms with Crippen LogP contribution in [0.15, 0.2) is 58.3 Å². The molecule has 1 aromatic carbocycles. The summed E-state index contributed by atoms with van der Waals surface area (Å²) in [5.41, 5.74) is 0.916. The zero-order chi connectivity index (χ0) is 20.3. The molecule has 0 saturated carbocycles. The first-order valence-electron chi connectivity index (χ1n) is 9.14. The van der Waals surface area contributed by atoms with E-state index in [1.807, 2.05) is 47.0 Å². The number of furan rings is 1. The van der Waals surface area contributed by atoms with Crippen LogP contribution in [0, 0.1) is 0 Å². The minimum atomic E-state index is -3.03. The number of nitrogens with one attached hydrogen (secondary N) is 1. The van der Waals surface area contributed by atoms with Gasteiger partial charge in [-0.25, -0.2) is 8.42 Å². The van der Waals surface area contributed by atoms with E-state index in [9.17, 15) is 13.2 Å². The summed E-state index contributed by atoms with van der Waals surface area (Å²) >= 11 is 1.26. The summed E-state index contributed by atoms with van der Waals surface area (Å²) in [4.78, 5) is 12.3. The molecular formula is C19H20N4O4S2. The Hall–Kier alpha value is -2.59. The zero-order valence-electron chi connectivity index (χ0n) is 15.5. The van der Waals surface area contributed by atoms with Gasteiger partial charge in [-0.1, -0.05) is 42.1 Å². The van der Waals surface area contributed by atoms with E-state index in [2.05, 4.69) is 15.5 Å². The molecule has 0 spiro atoms. The third kappa shape index (κ3) is 4.88. The first-order valence-corrected chi connectivity index (χ1v) is 11.9. The Bertz CT molecular complexity index is 1080. The van der Waals surface area contributed by atoms with Gasteiger partial charge in [-0.05, 0) is 18.6 Å². The molecule has 1 atom stereocenters. The van der Waals surface area contributed by atoms with Crippen LogP contribution in [0.1, 0.15) is 12.2 Å². The van der Waals surface area contributed by atoms with Gasteiger partial charge in [-0.15, -0.1) is 10.2 Å². The molecule has 1 amide bonds. The standard InChI is InChI=1S/C19H20N4O4S2/c24-17(20-15-8-10-29(25,26)13-15)12-28-19-22-21-18(14-5-2-1-3-6-14)23(19)11-16-7-4-9-27-16/h1-7,9,15H,8,10-13H2,(H,20,24). The lowest BCUT2D eigenvalue weighted by Gasteiger charge is -2.11. The van der Waals surface area contributed by atoms with E-state index in [1.54, 1.807) is 6.26 Å². The SMILES string of the molecule is O=C(CSc1nnc(-c2ccccc2)n1Cc1ccco1)NC1CCS(=O)(=O)C1. The van der Waals surface area contributed by atoms with E-state index < -0.39 is 9.84 Å². The van der Waals surface area contributed by atoms with Crippen LogP contribution in [0.2, 0.25) is 0 Å². The highest BCUT2D eigenvalue weighted by molar-refractivity contribution is 7.99. The monoisotopic (exact) mass is 432 g/mol. The molecule has 152 valence electrons. The minimum Gasteiger partial charge on any atom is -0.467 e. The van der Waals surface area contributed by atoms with Gasteiger partial charge in [0.2, 0.25) is 5.91 Å². The highest BCUT2D eigenvalue weighted by Gasteiger charge is 2.29. The van der Waals surface area contributed by atoms with E-state index in [1.165, 1.54) is 11.8 Å². The summed E-state index contributed by atoms with van der Waals surface area (Å²) in [6, 6.07) is 13.1. The molecule has 2 aromatic heterocycles. The van der Waals surface area contributed by atoms with Crippen LogP contribution in [0.4, 0.5) is 0 Å². The van der Waals surface area contributed by atoms with Crippen LogP contribution in [0.25, 0.3) is 11.4 Å². The van der Waals surface area contributed by atoms with E-state index >= 15 is 0 Å². The summed E-state index contributed by atoms with van der Waals surface area (Å²) in [7, 11) is -3.03. The number of carbonyl (C=O) groups is 1. The molecule has 0 bridgehead atoms. The fourth-order valence-corrected chi connectivity index (χ4v) is 5.63. The quantitative estimate of drug-likeness (QED) is 0.569. The summed E-state index contributed by atoms with van der Waals surface area (Å²) < 4.78 is 30.5. The van der Waals surface area contributed by atoms with Crippen LogP contribution in [0.5, 0.6) is 0 Å². The van der Waals surface area contributed by atoms with Crippen molar-refractivity contribution < 1.29 is 17.6 Å². The number of hydrogen-bond donors (Lipinski definition) is 1. The van der Waals surface area contributed by atoms with Gasteiger partial charge in [-0.2, -0.15) is 0 Å². The molecule has 4 rings (SSSR count). The van der Waals surface area contributed by atoms with Gasteiger partial charge in [0.1, 0.15) is 5.76 Å². The number of amides is 1. The van der Waals surface area contributed by atoms with Gasteiger partial charge in [0.05, 0.1) is 30.1 Å². The highest BCUT2D eigenvalue weighted by atomic mass is 32.2. The molecule has 1 saturated heterocycles. The van der Waals surface area contributed by atoms with Gasteiger partial charge in [0.15, 0.2) is 20.8 Å². The molecule has 0 radical (unpaired) electrons. The van der Waals surface area contributed by atoms with Gasteiger partial charge in [0.25, 0.3) is 0 Å². The van der Waals surface area contributed by atoms with Crippen molar-refractivity contribution >= 4 is 27.5 Å². The molecule has 1 N–H and O–H groups in total. The van der Waals surface area contributed by atoms with Crippen LogP contribution < -0.4 is 5.32 Å². The number of aromatic nitrogens is 3. The molecule has 1 aliphatic rings. The molecule has 1 fully saturated rings. The highest BCUT2D eigenvalue weighted by Crippen LogP contribution is 2.25. The smallest absolute Gasteiger partial charge is 0.230 e. The molecule has 1 unspecified atom stereocenters. The number of benzene rings is 1. The van der Waals surface area contributed by atoms with Crippen molar-refractivity contribution in [2.75, 3.05) is 17.3 Å². The predicted molar refractivity (Wildman–Crippen MR) is 109 cm³/mol. The van der Waals surface area contributed by atoms with Crippen LogP contribution in [-0.2, 0) is 21.2 Å². The Kier molecular flexibility index (Phi) is 5.72. The van der Waals surface area contributed by atoms with Crippen molar-refractivity contribution in [2.24, 2.45) is 0 Å². The summed E-state index contributed by atoms with van der Waals surface area (Å²) in [6.07, 6.45) is 2.07. The number of nitrogens with zero attached hydrogens (tertiary/aromatic N) is 3. The summed E-state index contributed by atoms with van der Waals surface area (Å²) in [5.74, 6) is 1.49. The van der Waals surface area contributed by atoms with Gasteiger partial charge in [0, 0.05) is 11.6 Å². The minimum absolute atomic E-state index is 0.0102. The normalized spacial score (nSPS) is 18.0. The maximum absolute atomic E-state index is 12.3. The number of thioether (sulfide) groups is 1. The summed E-state index contributed by atoms with van der Waals surface area (Å²) in [6.45, 7) is 0.440. The number of carbonyl (C=O) groups excluding carboxylic acids is 1. The van der Waals surface area contributed by atoms with Crippen molar-refractivity contribution in [3.63, 3.8) is 0 Å². The fourth-order valence-electron chi connectivity index (χ4n) is 3.21. The number of hydrogen-bond acceptors (Lipinski definition) is 7. The van der Waals surface area contributed by atoms with Crippen LogP contribution in [0.3, 0.4) is 0 Å². The third-order valence-electron chi connectivity index (χ3n) is 4.57. The average Bonchev–Trinajstić information content (AvgIpc) is 3.42. The molecule has 1 aliphatic heterocycles. The Morgan fingerprint density at radius 1 is 1.21 bits per heavy atom. The lowest BCUT2D eigenvalue weighted by atomic mass is 10.2.